The van der Waals surface area contributed by atoms with Gasteiger partial charge in [-0.2, -0.15) is 9.40 Å². The maximum absolute atomic E-state index is 12.2. The SMILES string of the molecule is Cc1[nH]ncc1S(=O)(=O)N1CC(C)C(N)C1. The minimum absolute atomic E-state index is 0.0815. The van der Waals surface area contributed by atoms with Gasteiger partial charge in [-0.05, 0) is 12.8 Å². The third-order valence-electron chi connectivity index (χ3n) is 3.04. The van der Waals surface area contributed by atoms with Crippen LogP contribution in [0.4, 0.5) is 0 Å². The van der Waals surface area contributed by atoms with E-state index in [2.05, 4.69) is 10.2 Å². The van der Waals surface area contributed by atoms with E-state index < -0.39 is 10.0 Å². The number of aromatic nitrogens is 2. The fourth-order valence-electron chi connectivity index (χ4n) is 1.88. The first-order valence-corrected chi connectivity index (χ1v) is 6.62. The van der Waals surface area contributed by atoms with E-state index in [0.29, 0.717) is 18.8 Å². The van der Waals surface area contributed by atoms with E-state index in [1.54, 1.807) is 6.92 Å². The first-order valence-electron chi connectivity index (χ1n) is 5.18. The lowest BCUT2D eigenvalue weighted by Gasteiger charge is -2.15. The van der Waals surface area contributed by atoms with Crippen LogP contribution in [-0.2, 0) is 10.0 Å². The summed E-state index contributed by atoms with van der Waals surface area (Å²) in [4.78, 5) is 0.244. The second-order valence-corrected chi connectivity index (χ2v) is 6.23. The Labute approximate surface area is 94.9 Å². The Balaban J connectivity index is 2.31. The molecule has 7 heteroatoms. The Morgan fingerprint density at radius 1 is 1.56 bits per heavy atom. The smallest absolute Gasteiger partial charge is 0.246 e. The number of nitrogens with one attached hydrogen (secondary N) is 1. The van der Waals surface area contributed by atoms with Gasteiger partial charge in [0.2, 0.25) is 10.0 Å². The summed E-state index contributed by atoms with van der Waals surface area (Å²) in [5.41, 5.74) is 6.39. The van der Waals surface area contributed by atoms with Crippen LogP contribution >= 0.6 is 0 Å². The number of H-pyrrole nitrogens is 1. The molecule has 0 aromatic carbocycles. The summed E-state index contributed by atoms with van der Waals surface area (Å²) < 4.78 is 25.9. The third kappa shape index (κ3) is 1.74. The van der Waals surface area contributed by atoms with Crippen LogP contribution in [-0.4, -0.2) is 42.1 Å². The lowest BCUT2D eigenvalue weighted by atomic mass is 10.1. The highest BCUT2D eigenvalue weighted by molar-refractivity contribution is 7.89. The summed E-state index contributed by atoms with van der Waals surface area (Å²) in [6.45, 7) is 4.52. The maximum Gasteiger partial charge on any atom is 0.246 e. The van der Waals surface area contributed by atoms with Crippen molar-refractivity contribution in [2.45, 2.75) is 24.8 Å². The molecule has 1 aromatic rings. The minimum atomic E-state index is -3.43. The third-order valence-corrected chi connectivity index (χ3v) is 4.98. The number of nitrogens with two attached hydrogens (primary N) is 1. The van der Waals surface area contributed by atoms with Crippen LogP contribution in [0.3, 0.4) is 0 Å². The predicted molar refractivity (Wildman–Crippen MR) is 59.2 cm³/mol. The van der Waals surface area contributed by atoms with Crippen molar-refractivity contribution in [2.24, 2.45) is 11.7 Å². The van der Waals surface area contributed by atoms with Gasteiger partial charge in [-0.3, -0.25) is 5.10 Å². The molecule has 3 N–H and O–H groups in total. The molecule has 2 unspecified atom stereocenters. The Morgan fingerprint density at radius 3 is 2.69 bits per heavy atom. The van der Waals surface area contributed by atoms with Crippen LogP contribution in [0.2, 0.25) is 0 Å². The standard InChI is InChI=1S/C9H16N4O2S/c1-6-4-13(5-8(6)10)16(14,15)9-3-11-12-7(9)2/h3,6,8H,4-5,10H2,1-2H3,(H,11,12). The number of hydrogen-bond acceptors (Lipinski definition) is 4. The van der Waals surface area contributed by atoms with Crippen molar-refractivity contribution in [1.82, 2.24) is 14.5 Å². The lowest BCUT2D eigenvalue weighted by Crippen LogP contribution is -2.32. The molecule has 0 saturated carbocycles. The van der Waals surface area contributed by atoms with Crippen LogP contribution in [0, 0.1) is 12.8 Å². The average molecular weight is 244 g/mol. The maximum atomic E-state index is 12.2. The molecular formula is C9H16N4O2S. The molecule has 90 valence electrons. The van der Waals surface area contributed by atoms with E-state index in [4.69, 9.17) is 5.73 Å². The van der Waals surface area contributed by atoms with Crippen LogP contribution in [0.15, 0.2) is 11.1 Å². The number of nitrogens with zero attached hydrogens (tertiary/aromatic N) is 2. The van der Waals surface area contributed by atoms with E-state index in [1.165, 1.54) is 10.5 Å². The molecule has 2 rings (SSSR count). The van der Waals surface area contributed by atoms with Gasteiger partial charge in [-0.15, -0.1) is 0 Å². The number of sulfonamides is 1. The van der Waals surface area contributed by atoms with Gasteiger partial charge in [0.05, 0.1) is 11.9 Å². The molecule has 0 radical (unpaired) electrons. The van der Waals surface area contributed by atoms with Gasteiger partial charge in [-0.25, -0.2) is 8.42 Å². The summed E-state index contributed by atoms with van der Waals surface area (Å²) in [6.07, 6.45) is 1.35. The monoisotopic (exact) mass is 244 g/mol. The Morgan fingerprint density at radius 2 is 2.25 bits per heavy atom. The van der Waals surface area contributed by atoms with Gasteiger partial charge in [0.25, 0.3) is 0 Å². The zero-order valence-electron chi connectivity index (χ0n) is 9.34. The Kier molecular flexibility index (Phi) is 2.77. The van der Waals surface area contributed by atoms with E-state index in [-0.39, 0.29) is 16.9 Å². The van der Waals surface area contributed by atoms with Crippen molar-refractivity contribution in [3.8, 4) is 0 Å². The van der Waals surface area contributed by atoms with Gasteiger partial charge in [0, 0.05) is 19.1 Å². The molecule has 0 spiro atoms. The fourth-order valence-corrected chi connectivity index (χ4v) is 3.58. The fraction of sp³-hybridized carbons (Fsp3) is 0.667. The van der Waals surface area contributed by atoms with Gasteiger partial charge >= 0.3 is 0 Å². The summed E-state index contributed by atoms with van der Waals surface area (Å²) in [7, 11) is -3.43. The molecule has 6 nitrogen and oxygen atoms in total. The molecule has 1 aliphatic heterocycles. The Hall–Kier alpha value is -0.920. The molecule has 0 amide bonds. The van der Waals surface area contributed by atoms with Crippen molar-refractivity contribution in [2.75, 3.05) is 13.1 Å². The molecule has 2 heterocycles. The molecule has 16 heavy (non-hydrogen) atoms. The highest BCUT2D eigenvalue weighted by Gasteiger charge is 2.36. The minimum Gasteiger partial charge on any atom is -0.326 e. The summed E-state index contributed by atoms with van der Waals surface area (Å²) in [6, 6.07) is -0.0815. The highest BCUT2D eigenvalue weighted by atomic mass is 32.2. The largest absolute Gasteiger partial charge is 0.326 e. The van der Waals surface area contributed by atoms with E-state index in [1.807, 2.05) is 6.92 Å². The highest BCUT2D eigenvalue weighted by Crippen LogP contribution is 2.24. The molecule has 0 bridgehead atoms. The van der Waals surface area contributed by atoms with Crippen LogP contribution in [0.5, 0.6) is 0 Å². The normalized spacial score (nSPS) is 27.4. The van der Waals surface area contributed by atoms with Crippen molar-refractivity contribution >= 4 is 10.0 Å². The Bertz CT molecular complexity index is 471. The van der Waals surface area contributed by atoms with Crippen LogP contribution < -0.4 is 5.73 Å². The van der Waals surface area contributed by atoms with Crippen molar-refractivity contribution in [3.05, 3.63) is 11.9 Å². The van der Waals surface area contributed by atoms with E-state index >= 15 is 0 Å². The van der Waals surface area contributed by atoms with Gasteiger partial charge in [-0.1, -0.05) is 6.92 Å². The topological polar surface area (TPSA) is 92.1 Å². The van der Waals surface area contributed by atoms with Crippen molar-refractivity contribution in [3.63, 3.8) is 0 Å². The second kappa shape index (κ2) is 3.83. The van der Waals surface area contributed by atoms with Gasteiger partial charge < -0.3 is 5.73 Å². The number of hydrogen-bond donors (Lipinski definition) is 2. The molecule has 1 saturated heterocycles. The lowest BCUT2D eigenvalue weighted by molar-refractivity contribution is 0.464. The number of aryl methyl sites for hydroxylation is 1. The summed E-state index contributed by atoms with van der Waals surface area (Å²) in [5.74, 6) is 0.196. The first-order chi connectivity index (χ1) is 7.43. The molecule has 1 fully saturated rings. The summed E-state index contributed by atoms with van der Waals surface area (Å²) in [5, 5.41) is 6.37. The van der Waals surface area contributed by atoms with Crippen LogP contribution in [0.25, 0.3) is 0 Å². The molecule has 1 aliphatic rings. The van der Waals surface area contributed by atoms with Gasteiger partial charge in [0.15, 0.2) is 0 Å². The van der Waals surface area contributed by atoms with Crippen LogP contribution in [0.1, 0.15) is 12.6 Å². The van der Waals surface area contributed by atoms with E-state index in [0.717, 1.165) is 0 Å². The zero-order chi connectivity index (χ0) is 11.9. The first kappa shape index (κ1) is 11.6. The summed E-state index contributed by atoms with van der Waals surface area (Å²) >= 11 is 0. The average Bonchev–Trinajstić information content (AvgIpc) is 2.75. The number of aromatic amines is 1. The second-order valence-electron chi connectivity index (χ2n) is 4.32. The van der Waals surface area contributed by atoms with Gasteiger partial charge in [0.1, 0.15) is 4.90 Å². The van der Waals surface area contributed by atoms with Crippen molar-refractivity contribution in [1.29, 1.82) is 0 Å². The molecule has 0 aliphatic carbocycles. The zero-order valence-corrected chi connectivity index (χ0v) is 10.2. The quantitative estimate of drug-likeness (QED) is 0.746. The molecule has 1 aromatic heterocycles. The molecular weight excluding hydrogens is 228 g/mol. The molecule has 2 atom stereocenters. The number of rotatable bonds is 2. The van der Waals surface area contributed by atoms with E-state index in [9.17, 15) is 8.42 Å². The predicted octanol–water partition coefficient (Wildman–Crippen LogP) is -0.314. The van der Waals surface area contributed by atoms with Crippen molar-refractivity contribution < 1.29 is 8.42 Å².